The van der Waals surface area contributed by atoms with E-state index in [-0.39, 0.29) is 12.1 Å². The second-order valence-corrected chi connectivity index (χ2v) is 7.00. The third-order valence-corrected chi connectivity index (χ3v) is 4.87. The van der Waals surface area contributed by atoms with E-state index in [0.29, 0.717) is 5.02 Å². The van der Waals surface area contributed by atoms with Gasteiger partial charge in [-0.05, 0) is 30.3 Å². The SMILES string of the molecule is NC1CC(c2cc(Cl)ccc2Br)Oc2cc(Br)ccc21. The first-order valence-corrected chi connectivity index (χ1v) is 8.17. The molecule has 0 amide bonds. The van der Waals surface area contributed by atoms with Crippen LogP contribution in [0.25, 0.3) is 0 Å². The van der Waals surface area contributed by atoms with Crippen LogP contribution in [0.1, 0.15) is 29.7 Å². The van der Waals surface area contributed by atoms with Gasteiger partial charge in [0.15, 0.2) is 0 Å². The Balaban J connectivity index is 2.00. The van der Waals surface area contributed by atoms with E-state index in [0.717, 1.165) is 32.2 Å². The van der Waals surface area contributed by atoms with Gasteiger partial charge < -0.3 is 10.5 Å². The highest BCUT2D eigenvalue weighted by Crippen LogP contribution is 2.42. The lowest BCUT2D eigenvalue weighted by molar-refractivity contribution is 0.161. The standard InChI is InChI=1S/C15H12Br2ClNO/c16-8-1-3-10-13(19)7-15(20-14(10)5-8)11-6-9(18)2-4-12(11)17/h1-6,13,15H,7,19H2. The van der Waals surface area contributed by atoms with Crippen molar-refractivity contribution in [1.29, 1.82) is 0 Å². The third-order valence-electron chi connectivity index (χ3n) is 3.42. The van der Waals surface area contributed by atoms with Crippen molar-refractivity contribution in [2.45, 2.75) is 18.6 Å². The van der Waals surface area contributed by atoms with Crippen LogP contribution in [0.3, 0.4) is 0 Å². The first-order valence-electron chi connectivity index (χ1n) is 6.21. The van der Waals surface area contributed by atoms with Gasteiger partial charge in [-0.3, -0.25) is 0 Å². The Morgan fingerprint density at radius 3 is 2.70 bits per heavy atom. The topological polar surface area (TPSA) is 35.2 Å². The first kappa shape index (κ1) is 14.4. The van der Waals surface area contributed by atoms with Crippen molar-refractivity contribution < 1.29 is 4.74 Å². The van der Waals surface area contributed by atoms with Crippen molar-refractivity contribution in [2.24, 2.45) is 5.73 Å². The second-order valence-electron chi connectivity index (χ2n) is 4.80. The number of halogens is 3. The minimum Gasteiger partial charge on any atom is -0.485 e. The molecular formula is C15H12Br2ClNO. The second kappa shape index (κ2) is 5.68. The van der Waals surface area contributed by atoms with Crippen LogP contribution in [0.2, 0.25) is 5.02 Å². The predicted octanol–water partition coefficient (Wildman–Crippen LogP) is 5.39. The maximum Gasteiger partial charge on any atom is 0.127 e. The maximum absolute atomic E-state index is 6.27. The molecule has 2 aromatic rings. The highest BCUT2D eigenvalue weighted by atomic mass is 79.9. The molecule has 104 valence electrons. The Kier molecular flexibility index (Phi) is 4.09. The molecule has 2 nitrogen and oxygen atoms in total. The minimum atomic E-state index is -0.0973. The van der Waals surface area contributed by atoms with Gasteiger partial charge in [-0.25, -0.2) is 0 Å². The van der Waals surface area contributed by atoms with Crippen LogP contribution in [0, 0.1) is 0 Å². The molecule has 5 heteroatoms. The van der Waals surface area contributed by atoms with Crippen LogP contribution in [-0.2, 0) is 0 Å². The Bertz CT molecular complexity index is 662. The number of ether oxygens (including phenoxy) is 1. The van der Waals surface area contributed by atoms with Crippen LogP contribution in [-0.4, -0.2) is 0 Å². The zero-order valence-electron chi connectivity index (χ0n) is 10.4. The van der Waals surface area contributed by atoms with Gasteiger partial charge in [0, 0.05) is 37.6 Å². The number of hydrogen-bond acceptors (Lipinski definition) is 2. The lowest BCUT2D eigenvalue weighted by Crippen LogP contribution is -2.24. The average Bonchev–Trinajstić information content (AvgIpc) is 2.41. The summed E-state index contributed by atoms with van der Waals surface area (Å²) in [6.07, 6.45) is 0.632. The molecule has 2 N–H and O–H groups in total. The van der Waals surface area contributed by atoms with E-state index in [2.05, 4.69) is 31.9 Å². The molecule has 1 aliphatic rings. The molecule has 2 atom stereocenters. The smallest absolute Gasteiger partial charge is 0.127 e. The fourth-order valence-corrected chi connectivity index (χ4v) is 3.45. The first-order chi connectivity index (χ1) is 9.54. The van der Waals surface area contributed by atoms with Crippen LogP contribution in [0.5, 0.6) is 5.75 Å². The van der Waals surface area contributed by atoms with E-state index >= 15 is 0 Å². The molecule has 1 heterocycles. The predicted molar refractivity (Wildman–Crippen MR) is 88.2 cm³/mol. The number of benzene rings is 2. The van der Waals surface area contributed by atoms with Gasteiger partial charge in [0.25, 0.3) is 0 Å². The van der Waals surface area contributed by atoms with Crippen LogP contribution < -0.4 is 10.5 Å². The van der Waals surface area contributed by atoms with Gasteiger partial charge in [0.05, 0.1) is 0 Å². The summed E-state index contributed by atoms with van der Waals surface area (Å²) in [5, 5.41) is 0.695. The number of fused-ring (bicyclic) bond motifs is 1. The molecule has 3 rings (SSSR count). The zero-order chi connectivity index (χ0) is 14.3. The van der Waals surface area contributed by atoms with Crippen molar-refractivity contribution in [3.63, 3.8) is 0 Å². The van der Waals surface area contributed by atoms with Gasteiger partial charge in [-0.15, -0.1) is 0 Å². The quantitative estimate of drug-likeness (QED) is 0.675. The summed E-state index contributed by atoms with van der Waals surface area (Å²) in [7, 11) is 0. The van der Waals surface area contributed by atoms with Gasteiger partial charge in [0.1, 0.15) is 11.9 Å². The van der Waals surface area contributed by atoms with E-state index in [1.54, 1.807) is 0 Å². The molecule has 0 spiro atoms. The van der Waals surface area contributed by atoms with E-state index in [1.165, 1.54) is 0 Å². The van der Waals surface area contributed by atoms with Crippen molar-refractivity contribution in [3.8, 4) is 5.75 Å². The lowest BCUT2D eigenvalue weighted by Gasteiger charge is -2.31. The molecular weight excluding hydrogens is 405 g/mol. The Morgan fingerprint density at radius 2 is 1.90 bits per heavy atom. The minimum absolute atomic E-state index is 0.0391. The Labute approximate surface area is 139 Å². The number of nitrogens with two attached hydrogens (primary N) is 1. The molecule has 0 bridgehead atoms. The van der Waals surface area contributed by atoms with Crippen molar-refractivity contribution in [2.75, 3.05) is 0 Å². The van der Waals surface area contributed by atoms with Gasteiger partial charge in [0.2, 0.25) is 0 Å². The monoisotopic (exact) mass is 415 g/mol. The normalized spacial score (nSPS) is 21.2. The number of hydrogen-bond donors (Lipinski definition) is 1. The van der Waals surface area contributed by atoms with Crippen LogP contribution in [0.15, 0.2) is 45.3 Å². The molecule has 0 saturated carbocycles. The highest BCUT2D eigenvalue weighted by molar-refractivity contribution is 9.10. The van der Waals surface area contributed by atoms with Crippen molar-refractivity contribution >= 4 is 43.5 Å². The summed E-state index contributed by atoms with van der Waals surface area (Å²) < 4.78 is 8.07. The lowest BCUT2D eigenvalue weighted by atomic mass is 9.94. The number of rotatable bonds is 1. The molecule has 20 heavy (non-hydrogen) atoms. The molecule has 0 fully saturated rings. The van der Waals surface area contributed by atoms with Crippen molar-refractivity contribution in [1.82, 2.24) is 0 Å². The summed E-state index contributed by atoms with van der Waals surface area (Å²) in [5.74, 6) is 0.829. The Hall–Kier alpha value is -0.550. The zero-order valence-corrected chi connectivity index (χ0v) is 14.4. The van der Waals surface area contributed by atoms with Gasteiger partial charge >= 0.3 is 0 Å². The summed E-state index contributed by atoms with van der Waals surface area (Å²) >= 11 is 13.1. The molecule has 0 aliphatic carbocycles. The summed E-state index contributed by atoms with van der Waals surface area (Å²) in [6.45, 7) is 0. The maximum atomic E-state index is 6.27. The largest absolute Gasteiger partial charge is 0.485 e. The highest BCUT2D eigenvalue weighted by Gasteiger charge is 2.28. The summed E-state index contributed by atoms with van der Waals surface area (Å²) in [6, 6.07) is 11.6. The average molecular weight is 418 g/mol. The van der Waals surface area contributed by atoms with Crippen LogP contribution in [0.4, 0.5) is 0 Å². The van der Waals surface area contributed by atoms with E-state index in [9.17, 15) is 0 Å². The van der Waals surface area contributed by atoms with E-state index < -0.39 is 0 Å². The van der Waals surface area contributed by atoms with Gasteiger partial charge in [-0.2, -0.15) is 0 Å². The molecule has 2 unspecified atom stereocenters. The van der Waals surface area contributed by atoms with Crippen molar-refractivity contribution in [3.05, 3.63) is 61.5 Å². The van der Waals surface area contributed by atoms with E-state index in [4.69, 9.17) is 22.1 Å². The molecule has 0 radical (unpaired) electrons. The molecule has 2 aromatic carbocycles. The third kappa shape index (κ3) is 2.75. The molecule has 0 saturated heterocycles. The summed E-state index contributed by atoms with van der Waals surface area (Å²) in [4.78, 5) is 0. The molecule has 1 aliphatic heterocycles. The van der Waals surface area contributed by atoms with E-state index in [1.807, 2.05) is 36.4 Å². The van der Waals surface area contributed by atoms with Gasteiger partial charge in [-0.1, -0.05) is 49.5 Å². The fraction of sp³-hybridized carbons (Fsp3) is 0.200. The summed E-state index contributed by atoms with van der Waals surface area (Å²) in [5.41, 5.74) is 8.34. The fourth-order valence-electron chi connectivity index (χ4n) is 2.43. The van der Waals surface area contributed by atoms with Crippen LogP contribution >= 0.6 is 43.5 Å². The Morgan fingerprint density at radius 1 is 1.10 bits per heavy atom. The molecule has 0 aromatic heterocycles.